The Kier molecular flexibility index (Phi) is 1.79. The second kappa shape index (κ2) is 2.81. The maximum atomic E-state index is 7.98. The van der Waals surface area contributed by atoms with Gasteiger partial charge < -0.3 is 9.77 Å². The molecule has 0 unspecified atom stereocenters. The lowest BCUT2D eigenvalue weighted by atomic mass is 10.7. The van der Waals surface area contributed by atoms with E-state index in [1.165, 1.54) is 6.21 Å². The Balaban J connectivity index is 2.48. The SMILES string of the molecule is O/N=C/Cn1cnnc1. The van der Waals surface area contributed by atoms with E-state index in [1.807, 2.05) is 0 Å². The summed E-state index contributed by atoms with van der Waals surface area (Å²) in [6.45, 7) is 0.503. The highest BCUT2D eigenvalue weighted by atomic mass is 16.4. The van der Waals surface area contributed by atoms with Gasteiger partial charge >= 0.3 is 0 Å². The van der Waals surface area contributed by atoms with Crippen LogP contribution in [0.4, 0.5) is 0 Å². The van der Waals surface area contributed by atoms with Crippen LogP contribution in [0.25, 0.3) is 0 Å². The minimum absolute atomic E-state index is 0.503. The lowest BCUT2D eigenvalue weighted by molar-refractivity contribution is 0.320. The van der Waals surface area contributed by atoms with Crippen molar-refractivity contribution in [1.29, 1.82) is 0 Å². The van der Waals surface area contributed by atoms with E-state index in [0.29, 0.717) is 6.54 Å². The minimum Gasteiger partial charge on any atom is -0.411 e. The van der Waals surface area contributed by atoms with E-state index in [4.69, 9.17) is 5.21 Å². The Morgan fingerprint density at radius 2 is 2.22 bits per heavy atom. The Morgan fingerprint density at radius 1 is 1.56 bits per heavy atom. The van der Waals surface area contributed by atoms with Crippen LogP contribution in [-0.2, 0) is 6.54 Å². The standard InChI is InChI=1S/C4H6N4O/c9-7-1-2-8-3-5-6-4-8/h1,3-4,9H,2H2/b7-1+. The summed E-state index contributed by atoms with van der Waals surface area (Å²) < 4.78 is 1.68. The molecule has 0 atom stereocenters. The molecule has 1 aromatic rings. The summed E-state index contributed by atoms with van der Waals surface area (Å²) in [5.74, 6) is 0. The molecular formula is C4H6N4O. The lowest BCUT2D eigenvalue weighted by Crippen LogP contribution is -1.94. The molecule has 0 aliphatic heterocycles. The Hall–Kier alpha value is -1.39. The molecule has 5 heteroatoms. The van der Waals surface area contributed by atoms with Crippen LogP contribution in [0.5, 0.6) is 0 Å². The van der Waals surface area contributed by atoms with Crippen molar-refractivity contribution >= 4 is 6.21 Å². The van der Waals surface area contributed by atoms with E-state index >= 15 is 0 Å². The predicted octanol–water partition coefficient (Wildman–Crippen LogP) is -0.262. The highest BCUT2D eigenvalue weighted by Gasteiger charge is 1.83. The molecule has 48 valence electrons. The average Bonchev–Trinajstić information content (AvgIpc) is 2.34. The van der Waals surface area contributed by atoms with Crippen LogP contribution in [0.2, 0.25) is 0 Å². The van der Waals surface area contributed by atoms with Crippen LogP contribution in [0.1, 0.15) is 0 Å². The zero-order chi connectivity index (χ0) is 6.53. The molecule has 0 spiro atoms. The molecule has 1 heterocycles. The van der Waals surface area contributed by atoms with Gasteiger partial charge in [0, 0.05) is 0 Å². The number of rotatable bonds is 2. The second-order valence-corrected chi connectivity index (χ2v) is 1.46. The zero-order valence-electron chi connectivity index (χ0n) is 4.68. The summed E-state index contributed by atoms with van der Waals surface area (Å²) >= 11 is 0. The van der Waals surface area contributed by atoms with E-state index < -0.39 is 0 Å². The van der Waals surface area contributed by atoms with Gasteiger partial charge in [0.05, 0.1) is 12.8 Å². The van der Waals surface area contributed by atoms with Crippen LogP contribution < -0.4 is 0 Å². The molecular weight excluding hydrogens is 120 g/mol. The normalized spacial score (nSPS) is 10.7. The molecule has 1 N–H and O–H groups in total. The predicted molar refractivity (Wildman–Crippen MR) is 30.3 cm³/mol. The topological polar surface area (TPSA) is 63.3 Å². The fraction of sp³-hybridized carbons (Fsp3) is 0.250. The first kappa shape index (κ1) is 5.74. The van der Waals surface area contributed by atoms with E-state index in [2.05, 4.69) is 15.4 Å². The monoisotopic (exact) mass is 126 g/mol. The quantitative estimate of drug-likeness (QED) is 0.337. The van der Waals surface area contributed by atoms with Crippen molar-refractivity contribution in [2.24, 2.45) is 5.16 Å². The molecule has 1 aromatic heterocycles. The number of nitrogens with zero attached hydrogens (tertiary/aromatic N) is 4. The molecule has 0 fully saturated rings. The third-order valence-corrected chi connectivity index (χ3v) is 0.841. The third kappa shape index (κ3) is 1.52. The van der Waals surface area contributed by atoms with Gasteiger partial charge in [-0.15, -0.1) is 15.4 Å². The van der Waals surface area contributed by atoms with Gasteiger partial charge in [0.2, 0.25) is 0 Å². The Labute approximate surface area is 51.6 Å². The number of oxime groups is 1. The first-order valence-electron chi connectivity index (χ1n) is 2.42. The van der Waals surface area contributed by atoms with Gasteiger partial charge in [-0.25, -0.2) is 0 Å². The summed E-state index contributed by atoms with van der Waals surface area (Å²) in [6.07, 6.45) is 4.44. The summed E-state index contributed by atoms with van der Waals surface area (Å²) in [6, 6.07) is 0. The fourth-order valence-electron chi connectivity index (χ4n) is 0.447. The molecule has 0 aliphatic rings. The van der Waals surface area contributed by atoms with E-state index in [0.717, 1.165) is 0 Å². The molecule has 0 amide bonds. The van der Waals surface area contributed by atoms with Crippen LogP contribution >= 0.6 is 0 Å². The van der Waals surface area contributed by atoms with Crippen molar-refractivity contribution < 1.29 is 5.21 Å². The van der Waals surface area contributed by atoms with Crippen molar-refractivity contribution in [3.8, 4) is 0 Å². The summed E-state index contributed by atoms with van der Waals surface area (Å²) in [7, 11) is 0. The maximum absolute atomic E-state index is 7.98. The van der Waals surface area contributed by atoms with Gasteiger partial charge in [-0.05, 0) is 0 Å². The van der Waals surface area contributed by atoms with Crippen LogP contribution in [0.3, 0.4) is 0 Å². The first-order chi connectivity index (χ1) is 4.43. The van der Waals surface area contributed by atoms with Crippen molar-refractivity contribution in [3.63, 3.8) is 0 Å². The molecule has 0 saturated heterocycles. The molecule has 0 bridgehead atoms. The molecule has 0 aliphatic carbocycles. The number of aromatic nitrogens is 3. The Bertz CT molecular complexity index is 180. The number of hydrogen-bond acceptors (Lipinski definition) is 4. The van der Waals surface area contributed by atoms with Gasteiger partial charge in [-0.1, -0.05) is 0 Å². The smallest absolute Gasteiger partial charge is 0.119 e. The van der Waals surface area contributed by atoms with Crippen molar-refractivity contribution in [1.82, 2.24) is 14.8 Å². The highest BCUT2D eigenvalue weighted by molar-refractivity contribution is 5.55. The first-order valence-corrected chi connectivity index (χ1v) is 2.42. The maximum Gasteiger partial charge on any atom is 0.119 e. The molecule has 0 aromatic carbocycles. The molecule has 0 saturated carbocycles. The van der Waals surface area contributed by atoms with Crippen LogP contribution in [-0.4, -0.2) is 26.2 Å². The van der Waals surface area contributed by atoms with Gasteiger partial charge in [-0.2, -0.15) is 0 Å². The summed E-state index contributed by atoms with van der Waals surface area (Å²) in [4.78, 5) is 0. The van der Waals surface area contributed by atoms with E-state index in [9.17, 15) is 0 Å². The van der Waals surface area contributed by atoms with Crippen LogP contribution in [0, 0.1) is 0 Å². The molecule has 0 radical (unpaired) electrons. The van der Waals surface area contributed by atoms with Crippen molar-refractivity contribution in [2.45, 2.75) is 6.54 Å². The largest absolute Gasteiger partial charge is 0.411 e. The third-order valence-electron chi connectivity index (χ3n) is 0.841. The summed E-state index contributed by atoms with van der Waals surface area (Å²) in [5, 5.41) is 17.9. The molecule has 9 heavy (non-hydrogen) atoms. The average molecular weight is 126 g/mol. The van der Waals surface area contributed by atoms with Gasteiger partial charge in [-0.3, -0.25) is 0 Å². The summed E-state index contributed by atoms with van der Waals surface area (Å²) in [5.41, 5.74) is 0. The van der Waals surface area contributed by atoms with Gasteiger partial charge in [0.25, 0.3) is 0 Å². The zero-order valence-corrected chi connectivity index (χ0v) is 4.68. The van der Waals surface area contributed by atoms with Crippen LogP contribution in [0.15, 0.2) is 17.8 Å². The Morgan fingerprint density at radius 3 is 2.78 bits per heavy atom. The lowest BCUT2D eigenvalue weighted by Gasteiger charge is -1.87. The second-order valence-electron chi connectivity index (χ2n) is 1.46. The van der Waals surface area contributed by atoms with Gasteiger partial charge in [0.1, 0.15) is 12.7 Å². The van der Waals surface area contributed by atoms with E-state index in [-0.39, 0.29) is 0 Å². The van der Waals surface area contributed by atoms with Crippen molar-refractivity contribution in [3.05, 3.63) is 12.7 Å². The number of hydrogen-bond donors (Lipinski definition) is 1. The highest BCUT2D eigenvalue weighted by Crippen LogP contribution is 1.77. The molecule has 5 nitrogen and oxygen atoms in total. The van der Waals surface area contributed by atoms with E-state index in [1.54, 1.807) is 17.2 Å². The minimum atomic E-state index is 0.503. The van der Waals surface area contributed by atoms with Crippen molar-refractivity contribution in [2.75, 3.05) is 0 Å². The fourth-order valence-corrected chi connectivity index (χ4v) is 0.447. The van der Waals surface area contributed by atoms with Gasteiger partial charge in [0.15, 0.2) is 0 Å². The molecule has 1 rings (SSSR count).